The van der Waals surface area contributed by atoms with E-state index in [4.69, 9.17) is 4.74 Å². The monoisotopic (exact) mass is 282 g/mol. The number of esters is 1. The summed E-state index contributed by atoms with van der Waals surface area (Å²) in [7, 11) is 0. The van der Waals surface area contributed by atoms with Gasteiger partial charge in [-0.25, -0.2) is 0 Å². The largest absolute Gasteiger partial charge is 0.465 e. The maximum atomic E-state index is 12.7. The van der Waals surface area contributed by atoms with Gasteiger partial charge < -0.3 is 4.74 Å². The van der Waals surface area contributed by atoms with Crippen molar-refractivity contribution in [1.29, 1.82) is 0 Å². The number of benzene rings is 2. The zero-order valence-electron chi connectivity index (χ0n) is 12.2. The van der Waals surface area contributed by atoms with Crippen LogP contribution in [-0.2, 0) is 19.7 Å². The summed E-state index contributed by atoms with van der Waals surface area (Å²) < 4.78 is 5.22. The second-order valence-electron chi connectivity index (χ2n) is 4.76. The number of ether oxygens (including phenoxy) is 1. The fourth-order valence-electron chi connectivity index (χ4n) is 2.57. The van der Waals surface area contributed by atoms with Gasteiger partial charge in [-0.05, 0) is 25.0 Å². The van der Waals surface area contributed by atoms with Gasteiger partial charge in [0.05, 0.1) is 6.61 Å². The highest BCUT2D eigenvalue weighted by molar-refractivity contribution is 6.12. The third-order valence-electron chi connectivity index (χ3n) is 3.52. The maximum absolute atomic E-state index is 12.7. The highest BCUT2D eigenvalue weighted by Crippen LogP contribution is 2.34. The van der Waals surface area contributed by atoms with Crippen molar-refractivity contribution in [2.75, 3.05) is 6.61 Å². The predicted octanol–water partition coefficient (Wildman–Crippen LogP) is 3.12. The average Bonchev–Trinajstić information content (AvgIpc) is 2.50. The lowest BCUT2D eigenvalue weighted by atomic mass is 9.71. The molecule has 108 valence electrons. The topological polar surface area (TPSA) is 43.4 Å². The van der Waals surface area contributed by atoms with Crippen LogP contribution in [0, 0.1) is 0 Å². The highest BCUT2D eigenvalue weighted by atomic mass is 16.5. The Morgan fingerprint density at radius 2 is 1.33 bits per heavy atom. The van der Waals surface area contributed by atoms with Gasteiger partial charge in [-0.2, -0.15) is 0 Å². The lowest BCUT2D eigenvalue weighted by Crippen LogP contribution is -2.45. The van der Waals surface area contributed by atoms with Crippen LogP contribution in [0.25, 0.3) is 0 Å². The minimum Gasteiger partial charge on any atom is -0.465 e. The van der Waals surface area contributed by atoms with Gasteiger partial charge in [0.25, 0.3) is 0 Å². The fraction of sp³-hybridized carbons (Fsp3) is 0.222. The molecule has 21 heavy (non-hydrogen) atoms. The molecule has 0 fully saturated rings. The normalized spacial score (nSPS) is 11.0. The van der Waals surface area contributed by atoms with Crippen molar-refractivity contribution < 1.29 is 14.3 Å². The molecule has 0 atom stereocenters. The molecular formula is C18H18O3. The quantitative estimate of drug-likeness (QED) is 0.625. The first-order valence-corrected chi connectivity index (χ1v) is 6.93. The zero-order valence-corrected chi connectivity index (χ0v) is 12.2. The molecule has 0 aliphatic rings. The number of Topliss-reactive ketones (excluding diaryl/α,β-unsaturated/α-hetero) is 1. The van der Waals surface area contributed by atoms with E-state index < -0.39 is 11.4 Å². The molecule has 0 radical (unpaired) electrons. The molecule has 0 saturated carbocycles. The summed E-state index contributed by atoms with van der Waals surface area (Å²) >= 11 is 0. The first-order chi connectivity index (χ1) is 10.1. The van der Waals surface area contributed by atoms with E-state index in [9.17, 15) is 9.59 Å². The zero-order chi connectivity index (χ0) is 15.3. The third-order valence-corrected chi connectivity index (χ3v) is 3.52. The summed E-state index contributed by atoms with van der Waals surface area (Å²) in [6, 6.07) is 18.1. The van der Waals surface area contributed by atoms with Gasteiger partial charge in [-0.3, -0.25) is 9.59 Å². The summed E-state index contributed by atoms with van der Waals surface area (Å²) in [4.78, 5) is 25.1. The SMILES string of the molecule is CCOC(=O)C(C(C)=O)(c1ccccc1)c1ccccc1. The minimum absolute atomic E-state index is 0.230. The number of rotatable bonds is 5. The van der Waals surface area contributed by atoms with Crippen LogP contribution in [-0.4, -0.2) is 18.4 Å². The van der Waals surface area contributed by atoms with Gasteiger partial charge >= 0.3 is 5.97 Å². The van der Waals surface area contributed by atoms with E-state index in [1.807, 2.05) is 36.4 Å². The molecule has 0 aromatic heterocycles. The molecule has 3 heteroatoms. The van der Waals surface area contributed by atoms with Crippen molar-refractivity contribution in [2.45, 2.75) is 19.3 Å². The molecule has 0 aliphatic carbocycles. The number of hydrogen-bond donors (Lipinski definition) is 0. The smallest absolute Gasteiger partial charge is 0.328 e. The Balaban J connectivity index is 2.73. The van der Waals surface area contributed by atoms with Crippen LogP contribution in [0.15, 0.2) is 60.7 Å². The van der Waals surface area contributed by atoms with Crippen LogP contribution in [0.3, 0.4) is 0 Å². The summed E-state index contributed by atoms with van der Waals surface area (Å²) in [6.07, 6.45) is 0. The molecule has 0 saturated heterocycles. The van der Waals surface area contributed by atoms with Crippen molar-refractivity contribution in [3.05, 3.63) is 71.8 Å². The van der Waals surface area contributed by atoms with Crippen LogP contribution in [0.1, 0.15) is 25.0 Å². The van der Waals surface area contributed by atoms with Crippen molar-refractivity contribution in [2.24, 2.45) is 0 Å². The summed E-state index contributed by atoms with van der Waals surface area (Å²) in [5.41, 5.74) is -0.150. The van der Waals surface area contributed by atoms with E-state index in [0.29, 0.717) is 11.1 Å². The number of hydrogen-bond acceptors (Lipinski definition) is 3. The van der Waals surface area contributed by atoms with Gasteiger partial charge in [-0.1, -0.05) is 60.7 Å². The molecule has 0 aliphatic heterocycles. The second-order valence-corrected chi connectivity index (χ2v) is 4.76. The van der Waals surface area contributed by atoms with Crippen molar-refractivity contribution >= 4 is 11.8 Å². The molecule has 0 bridgehead atoms. The number of carbonyl (C=O) groups excluding carboxylic acids is 2. The molecule has 2 rings (SSSR count). The van der Waals surface area contributed by atoms with Crippen LogP contribution in [0.2, 0.25) is 0 Å². The molecule has 0 unspecified atom stereocenters. The van der Waals surface area contributed by atoms with Crippen LogP contribution < -0.4 is 0 Å². The molecular weight excluding hydrogens is 264 g/mol. The highest BCUT2D eigenvalue weighted by Gasteiger charge is 2.48. The Bertz CT molecular complexity index is 578. The van der Waals surface area contributed by atoms with Gasteiger partial charge in [-0.15, -0.1) is 0 Å². The van der Waals surface area contributed by atoms with Crippen molar-refractivity contribution in [1.82, 2.24) is 0 Å². The van der Waals surface area contributed by atoms with Gasteiger partial charge in [0.1, 0.15) is 0 Å². The van der Waals surface area contributed by atoms with Crippen molar-refractivity contribution in [3.8, 4) is 0 Å². The molecule has 0 N–H and O–H groups in total. The number of carbonyl (C=O) groups is 2. The van der Waals surface area contributed by atoms with E-state index in [2.05, 4.69) is 0 Å². The van der Waals surface area contributed by atoms with Crippen LogP contribution >= 0.6 is 0 Å². The first kappa shape index (κ1) is 15.0. The van der Waals surface area contributed by atoms with Crippen LogP contribution in [0.4, 0.5) is 0 Å². The lowest BCUT2D eigenvalue weighted by Gasteiger charge is -2.30. The summed E-state index contributed by atoms with van der Waals surface area (Å²) in [5, 5.41) is 0. The fourth-order valence-corrected chi connectivity index (χ4v) is 2.57. The Morgan fingerprint density at radius 1 is 0.905 bits per heavy atom. The first-order valence-electron chi connectivity index (χ1n) is 6.93. The molecule has 3 nitrogen and oxygen atoms in total. The van der Waals surface area contributed by atoms with E-state index in [1.54, 1.807) is 31.2 Å². The summed E-state index contributed by atoms with van der Waals surface area (Å²) in [5.74, 6) is -0.784. The molecule has 0 heterocycles. The summed E-state index contributed by atoms with van der Waals surface area (Å²) in [6.45, 7) is 3.39. The van der Waals surface area contributed by atoms with E-state index in [1.165, 1.54) is 6.92 Å². The Kier molecular flexibility index (Phi) is 4.53. The Labute approximate surface area is 124 Å². The lowest BCUT2D eigenvalue weighted by molar-refractivity contribution is -0.151. The third kappa shape index (κ3) is 2.59. The van der Waals surface area contributed by atoms with Gasteiger partial charge in [0.2, 0.25) is 0 Å². The van der Waals surface area contributed by atoms with E-state index >= 15 is 0 Å². The van der Waals surface area contributed by atoms with E-state index in [-0.39, 0.29) is 12.4 Å². The standard InChI is InChI=1S/C18H18O3/c1-3-21-17(20)18(14(2)19,15-10-6-4-7-11-15)16-12-8-5-9-13-16/h4-13H,3H2,1-2H3. The second kappa shape index (κ2) is 6.35. The van der Waals surface area contributed by atoms with E-state index in [0.717, 1.165) is 0 Å². The molecule has 2 aromatic carbocycles. The molecule has 0 spiro atoms. The van der Waals surface area contributed by atoms with Gasteiger partial charge in [0.15, 0.2) is 11.2 Å². The Hall–Kier alpha value is -2.42. The Morgan fingerprint density at radius 3 is 1.67 bits per heavy atom. The predicted molar refractivity (Wildman–Crippen MR) is 81.0 cm³/mol. The molecule has 0 amide bonds. The van der Waals surface area contributed by atoms with Crippen molar-refractivity contribution in [3.63, 3.8) is 0 Å². The number of ketones is 1. The molecule has 2 aromatic rings. The minimum atomic E-state index is -1.40. The average molecular weight is 282 g/mol. The van der Waals surface area contributed by atoms with Gasteiger partial charge in [0, 0.05) is 0 Å². The van der Waals surface area contributed by atoms with Crippen LogP contribution in [0.5, 0.6) is 0 Å². The maximum Gasteiger partial charge on any atom is 0.328 e.